The van der Waals surface area contributed by atoms with E-state index in [9.17, 15) is 0 Å². The lowest BCUT2D eigenvalue weighted by molar-refractivity contribution is 1.54. The summed E-state index contributed by atoms with van der Waals surface area (Å²) < 4.78 is 2.69. The fourth-order valence-electron chi connectivity index (χ4n) is 4.10. The first-order valence-electron chi connectivity index (χ1n) is 8.80. The topological polar surface area (TPSA) is 15.8 Å². The van der Waals surface area contributed by atoms with E-state index >= 15 is 0 Å². The van der Waals surface area contributed by atoms with Crippen molar-refractivity contribution >= 4 is 53.3 Å². The standard InChI is InChI=1S/C24H15NS/c1-3-12-20-15(7-1)17-10-5-11-18(24(17)25-20)16-9-6-14-22-23(16)19-8-2-4-13-21(19)26-22/h1-14,25H. The van der Waals surface area contributed by atoms with Gasteiger partial charge in [-0.05, 0) is 23.8 Å². The fraction of sp³-hybridized carbons (Fsp3) is 0. The molecule has 6 rings (SSSR count). The third-order valence-electron chi connectivity index (χ3n) is 5.23. The van der Waals surface area contributed by atoms with Gasteiger partial charge in [0.05, 0.1) is 5.52 Å². The predicted molar refractivity (Wildman–Crippen MR) is 114 cm³/mol. The Hall–Kier alpha value is -3.10. The lowest BCUT2D eigenvalue weighted by Crippen LogP contribution is -1.82. The van der Waals surface area contributed by atoms with Crippen molar-refractivity contribution in [3.05, 3.63) is 84.9 Å². The number of nitrogens with one attached hydrogen (secondary N) is 1. The lowest BCUT2D eigenvalue weighted by atomic mass is 9.97. The second kappa shape index (κ2) is 5.20. The van der Waals surface area contributed by atoms with Crippen LogP contribution >= 0.6 is 11.3 Å². The molecule has 0 aliphatic rings. The van der Waals surface area contributed by atoms with Gasteiger partial charge in [-0.1, -0.05) is 66.7 Å². The zero-order valence-corrected chi connectivity index (χ0v) is 14.8. The molecule has 122 valence electrons. The van der Waals surface area contributed by atoms with Crippen LogP contribution in [0.3, 0.4) is 0 Å². The number of rotatable bonds is 1. The Bertz CT molecular complexity index is 1430. The van der Waals surface area contributed by atoms with Crippen LogP contribution in [0, 0.1) is 0 Å². The molecular formula is C24H15NS. The van der Waals surface area contributed by atoms with Gasteiger partial charge in [0.2, 0.25) is 0 Å². The van der Waals surface area contributed by atoms with Gasteiger partial charge < -0.3 is 4.98 Å². The van der Waals surface area contributed by atoms with Crippen LogP contribution in [0.1, 0.15) is 0 Å². The smallest absolute Gasteiger partial charge is 0.0544 e. The Balaban J connectivity index is 1.79. The molecule has 0 aliphatic heterocycles. The Labute approximate surface area is 154 Å². The van der Waals surface area contributed by atoms with Crippen molar-refractivity contribution in [2.75, 3.05) is 0 Å². The normalized spacial score (nSPS) is 11.8. The van der Waals surface area contributed by atoms with Crippen molar-refractivity contribution in [1.82, 2.24) is 4.98 Å². The van der Waals surface area contributed by atoms with Gasteiger partial charge in [0, 0.05) is 42.0 Å². The largest absolute Gasteiger partial charge is 0.354 e. The molecule has 0 atom stereocenters. The van der Waals surface area contributed by atoms with Crippen LogP contribution in [-0.2, 0) is 0 Å². The average Bonchev–Trinajstić information content (AvgIpc) is 3.26. The molecule has 6 aromatic rings. The van der Waals surface area contributed by atoms with Crippen molar-refractivity contribution < 1.29 is 0 Å². The molecule has 0 saturated carbocycles. The van der Waals surface area contributed by atoms with E-state index in [1.54, 1.807) is 0 Å². The minimum absolute atomic E-state index is 1.19. The van der Waals surface area contributed by atoms with E-state index in [-0.39, 0.29) is 0 Å². The van der Waals surface area contributed by atoms with E-state index in [0.717, 1.165) is 0 Å². The number of hydrogen-bond acceptors (Lipinski definition) is 1. The van der Waals surface area contributed by atoms with Gasteiger partial charge in [0.15, 0.2) is 0 Å². The highest BCUT2D eigenvalue weighted by molar-refractivity contribution is 7.25. The molecule has 1 nitrogen and oxygen atoms in total. The van der Waals surface area contributed by atoms with Gasteiger partial charge >= 0.3 is 0 Å². The summed E-state index contributed by atoms with van der Waals surface area (Å²) in [6.07, 6.45) is 0. The summed E-state index contributed by atoms with van der Waals surface area (Å²) in [6.45, 7) is 0. The minimum atomic E-state index is 1.19. The van der Waals surface area contributed by atoms with Crippen LogP contribution in [0.15, 0.2) is 84.9 Å². The summed E-state index contributed by atoms with van der Waals surface area (Å²) in [6, 6.07) is 30.5. The predicted octanol–water partition coefficient (Wildman–Crippen LogP) is 7.36. The lowest BCUT2D eigenvalue weighted by Gasteiger charge is -2.06. The molecule has 0 amide bonds. The maximum atomic E-state index is 3.65. The molecule has 0 fully saturated rings. The third-order valence-corrected chi connectivity index (χ3v) is 6.37. The Morgan fingerprint density at radius 1 is 0.538 bits per heavy atom. The first-order valence-corrected chi connectivity index (χ1v) is 9.62. The second-order valence-corrected chi connectivity index (χ2v) is 7.76. The summed E-state index contributed by atoms with van der Waals surface area (Å²) in [7, 11) is 0. The maximum Gasteiger partial charge on any atom is 0.0544 e. The van der Waals surface area contributed by atoms with Gasteiger partial charge in [-0.25, -0.2) is 0 Å². The fourth-order valence-corrected chi connectivity index (χ4v) is 5.23. The Kier molecular flexibility index (Phi) is 2.82. The zero-order chi connectivity index (χ0) is 17.1. The van der Waals surface area contributed by atoms with E-state index in [1.807, 2.05) is 11.3 Å². The van der Waals surface area contributed by atoms with E-state index in [2.05, 4.69) is 89.9 Å². The van der Waals surface area contributed by atoms with Crippen molar-refractivity contribution in [2.24, 2.45) is 0 Å². The Morgan fingerprint density at radius 2 is 1.23 bits per heavy atom. The molecule has 0 aliphatic carbocycles. The van der Waals surface area contributed by atoms with Crippen LogP contribution in [0.25, 0.3) is 53.1 Å². The monoisotopic (exact) mass is 349 g/mol. The third kappa shape index (κ3) is 1.85. The van der Waals surface area contributed by atoms with E-state index in [0.29, 0.717) is 0 Å². The summed E-state index contributed by atoms with van der Waals surface area (Å²) in [4.78, 5) is 3.65. The number of para-hydroxylation sites is 2. The summed E-state index contributed by atoms with van der Waals surface area (Å²) in [5.41, 5.74) is 4.98. The molecule has 0 bridgehead atoms. The number of thiophene rings is 1. The van der Waals surface area contributed by atoms with E-state index < -0.39 is 0 Å². The summed E-state index contributed by atoms with van der Waals surface area (Å²) in [5.74, 6) is 0. The van der Waals surface area contributed by atoms with Crippen molar-refractivity contribution in [3.63, 3.8) is 0 Å². The quantitative estimate of drug-likeness (QED) is 0.319. The van der Waals surface area contributed by atoms with Crippen LogP contribution in [0.2, 0.25) is 0 Å². The number of benzene rings is 4. The highest BCUT2D eigenvalue weighted by Gasteiger charge is 2.14. The first-order chi connectivity index (χ1) is 12.9. The van der Waals surface area contributed by atoms with Gasteiger partial charge in [0.1, 0.15) is 0 Å². The van der Waals surface area contributed by atoms with E-state index in [4.69, 9.17) is 0 Å². The molecule has 0 unspecified atom stereocenters. The molecule has 0 radical (unpaired) electrons. The van der Waals surface area contributed by atoms with Crippen molar-refractivity contribution in [1.29, 1.82) is 0 Å². The summed E-state index contributed by atoms with van der Waals surface area (Å²) in [5, 5.41) is 5.27. The molecule has 1 N–H and O–H groups in total. The van der Waals surface area contributed by atoms with Crippen molar-refractivity contribution in [2.45, 2.75) is 0 Å². The number of aromatic nitrogens is 1. The number of fused-ring (bicyclic) bond motifs is 6. The average molecular weight is 349 g/mol. The molecule has 26 heavy (non-hydrogen) atoms. The maximum absolute atomic E-state index is 3.65. The second-order valence-electron chi connectivity index (χ2n) is 6.68. The molecule has 0 spiro atoms. The van der Waals surface area contributed by atoms with Crippen molar-refractivity contribution in [3.8, 4) is 11.1 Å². The van der Waals surface area contributed by atoms with Gasteiger partial charge in [-0.2, -0.15) is 0 Å². The van der Waals surface area contributed by atoms with Crippen LogP contribution in [-0.4, -0.2) is 4.98 Å². The SMILES string of the molecule is c1ccc2c(c1)[nH]c1c(-c3cccc4sc5ccccc5c34)cccc12. The van der Waals surface area contributed by atoms with Gasteiger partial charge in [-0.3, -0.25) is 0 Å². The molecule has 4 aromatic carbocycles. The highest BCUT2D eigenvalue weighted by Crippen LogP contribution is 2.42. The molecule has 0 saturated heterocycles. The van der Waals surface area contributed by atoms with Crippen LogP contribution in [0.4, 0.5) is 0 Å². The number of hydrogen-bond donors (Lipinski definition) is 1. The van der Waals surface area contributed by atoms with Gasteiger partial charge in [-0.15, -0.1) is 11.3 Å². The highest BCUT2D eigenvalue weighted by atomic mass is 32.1. The number of H-pyrrole nitrogens is 1. The molecular weight excluding hydrogens is 334 g/mol. The Morgan fingerprint density at radius 3 is 2.19 bits per heavy atom. The summed E-state index contributed by atoms with van der Waals surface area (Å²) >= 11 is 1.87. The molecule has 2 aromatic heterocycles. The first kappa shape index (κ1) is 14.1. The zero-order valence-electron chi connectivity index (χ0n) is 14.0. The van der Waals surface area contributed by atoms with Crippen LogP contribution < -0.4 is 0 Å². The molecule has 2 heterocycles. The number of aromatic amines is 1. The molecule has 2 heteroatoms. The van der Waals surface area contributed by atoms with Crippen LogP contribution in [0.5, 0.6) is 0 Å². The minimum Gasteiger partial charge on any atom is -0.354 e. The van der Waals surface area contributed by atoms with Gasteiger partial charge in [0.25, 0.3) is 0 Å². The van der Waals surface area contributed by atoms with E-state index in [1.165, 1.54) is 53.1 Å².